The van der Waals surface area contributed by atoms with Crippen LogP contribution in [0.15, 0.2) is 30.3 Å². The lowest BCUT2D eigenvalue weighted by atomic mass is 9.86. The van der Waals surface area contributed by atoms with Gasteiger partial charge < -0.3 is 14.7 Å². The van der Waals surface area contributed by atoms with Crippen molar-refractivity contribution in [1.29, 1.82) is 0 Å². The molecule has 0 bridgehead atoms. The number of hydrogen-bond donors (Lipinski definition) is 1. The summed E-state index contributed by atoms with van der Waals surface area (Å²) in [7, 11) is 2.14. The van der Waals surface area contributed by atoms with Crippen LogP contribution in [0.5, 0.6) is 11.5 Å². The van der Waals surface area contributed by atoms with E-state index in [2.05, 4.69) is 30.1 Å². The van der Waals surface area contributed by atoms with Crippen LogP contribution in [0.3, 0.4) is 0 Å². The van der Waals surface area contributed by atoms with Crippen LogP contribution in [-0.4, -0.2) is 36.8 Å². The van der Waals surface area contributed by atoms with Gasteiger partial charge in [-0.15, -0.1) is 0 Å². The van der Waals surface area contributed by atoms with Crippen molar-refractivity contribution in [3.05, 3.63) is 57.6 Å². The Hall–Kier alpha value is -1.71. The smallest absolute Gasteiger partial charge is 0.134 e. The number of halogens is 1. The van der Waals surface area contributed by atoms with Crippen molar-refractivity contribution in [2.75, 3.05) is 26.7 Å². The first-order chi connectivity index (χ1) is 11.1. The van der Waals surface area contributed by atoms with E-state index >= 15 is 0 Å². The molecule has 0 aliphatic carbocycles. The molecule has 23 heavy (non-hydrogen) atoms. The fourth-order valence-electron chi connectivity index (χ4n) is 3.75. The zero-order valence-electron chi connectivity index (χ0n) is 13.2. The van der Waals surface area contributed by atoms with Gasteiger partial charge in [-0.1, -0.05) is 29.8 Å². The van der Waals surface area contributed by atoms with Crippen LogP contribution in [0.4, 0.5) is 0 Å². The molecule has 0 amide bonds. The van der Waals surface area contributed by atoms with Gasteiger partial charge in [0.15, 0.2) is 0 Å². The molecule has 2 heterocycles. The zero-order chi connectivity index (χ0) is 16.0. The number of para-hydroxylation sites is 1. The fraction of sp³-hybridized carbons (Fsp3) is 0.368. The first-order valence-electron chi connectivity index (χ1n) is 8.08. The molecule has 0 saturated heterocycles. The van der Waals surface area contributed by atoms with Gasteiger partial charge in [0.1, 0.15) is 11.5 Å². The van der Waals surface area contributed by atoms with Gasteiger partial charge >= 0.3 is 0 Å². The number of nitrogens with zero attached hydrogens (tertiary/aromatic N) is 1. The summed E-state index contributed by atoms with van der Waals surface area (Å²) in [4.78, 5) is 2.34. The number of likely N-dealkylation sites (N-methyl/N-ethyl adjacent to an activating group) is 1. The number of hydrogen-bond acceptors (Lipinski definition) is 3. The second kappa shape index (κ2) is 5.73. The van der Waals surface area contributed by atoms with Crippen molar-refractivity contribution in [2.24, 2.45) is 0 Å². The second-order valence-electron chi connectivity index (χ2n) is 6.50. The number of benzene rings is 2. The van der Waals surface area contributed by atoms with Gasteiger partial charge in [0, 0.05) is 31.0 Å². The number of fused-ring (bicyclic) bond motifs is 2. The summed E-state index contributed by atoms with van der Waals surface area (Å²) in [5, 5.41) is 10.5. The van der Waals surface area contributed by atoms with Gasteiger partial charge in [0.05, 0.1) is 11.6 Å². The van der Waals surface area contributed by atoms with Gasteiger partial charge in [0.2, 0.25) is 0 Å². The topological polar surface area (TPSA) is 32.7 Å². The maximum Gasteiger partial charge on any atom is 0.134 e. The predicted molar refractivity (Wildman–Crippen MR) is 91.8 cm³/mol. The molecular formula is C19H20ClNO2. The lowest BCUT2D eigenvalue weighted by Gasteiger charge is -2.24. The maximum absolute atomic E-state index is 10.1. The number of ether oxygens (including phenoxy) is 1. The number of aromatic hydroxyl groups is 1. The number of rotatable bonds is 1. The highest BCUT2D eigenvalue weighted by molar-refractivity contribution is 6.32. The van der Waals surface area contributed by atoms with Crippen LogP contribution >= 0.6 is 11.6 Å². The molecule has 4 rings (SSSR count). The molecule has 4 heteroatoms. The minimum absolute atomic E-state index is 0.161. The lowest BCUT2D eigenvalue weighted by molar-refractivity contribution is 0.327. The SMILES string of the molecule is CN1CCc2cc(Cl)c(O)cc2[C@@H](c2cccc3c2OCC3)C1. The Balaban J connectivity index is 1.88. The van der Waals surface area contributed by atoms with E-state index in [-0.39, 0.29) is 11.7 Å². The highest BCUT2D eigenvalue weighted by Gasteiger charge is 2.28. The van der Waals surface area contributed by atoms with E-state index in [1.807, 2.05) is 12.1 Å². The van der Waals surface area contributed by atoms with Crippen LogP contribution in [0.2, 0.25) is 5.02 Å². The van der Waals surface area contributed by atoms with Crippen molar-refractivity contribution >= 4 is 11.6 Å². The third kappa shape index (κ3) is 2.58. The van der Waals surface area contributed by atoms with Crippen LogP contribution in [0.25, 0.3) is 0 Å². The standard InChI is InChI=1S/C19H20ClNO2/c1-21-7-5-13-9-17(20)18(22)10-15(13)16(11-21)14-4-2-3-12-6-8-23-19(12)14/h2-4,9-10,16,22H,5-8,11H2,1H3/t16-/m1/s1. The average molecular weight is 330 g/mol. The molecule has 2 aromatic carbocycles. The van der Waals surface area contributed by atoms with E-state index in [4.69, 9.17) is 16.3 Å². The summed E-state index contributed by atoms with van der Waals surface area (Å²) in [5.74, 6) is 1.38. The van der Waals surface area contributed by atoms with E-state index in [1.165, 1.54) is 22.3 Å². The molecule has 1 N–H and O–H groups in total. The molecule has 0 unspecified atom stereocenters. The minimum Gasteiger partial charge on any atom is -0.506 e. The Morgan fingerprint density at radius 2 is 2.04 bits per heavy atom. The monoisotopic (exact) mass is 329 g/mol. The summed E-state index contributed by atoms with van der Waals surface area (Å²) in [5.41, 5.74) is 4.89. The summed E-state index contributed by atoms with van der Waals surface area (Å²) >= 11 is 6.13. The number of phenols is 1. The van der Waals surface area contributed by atoms with E-state index in [9.17, 15) is 5.11 Å². The van der Waals surface area contributed by atoms with Gasteiger partial charge in [-0.2, -0.15) is 0 Å². The maximum atomic E-state index is 10.1. The van der Waals surface area contributed by atoms with Crippen molar-refractivity contribution in [2.45, 2.75) is 18.8 Å². The van der Waals surface area contributed by atoms with E-state index in [0.29, 0.717) is 5.02 Å². The average Bonchev–Trinajstić information content (AvgIpc) is 2.96. The Bertz CT molecular complexity index is 759. The molecule has 120 valence electrons. The molecule has 0 radical (unpaired) electrons. The van der Waals surface area contributed by atoms with Crippen molar-refractivity contribution < 1.29 is 9.84 Å². The van der Waals surface area contributed by atoms with E-state index < -0.39 is 0 Å². The van der Waals surface area contributed by atoms with Crippen LogP contribution in [0.1, 0.15) is 28.2 Å². The van der Waals surface area contributed by atoms with E-state index in [1.54, 1.807) is 0 Å². The summed E-state index contributed by atoms with van der Waals surface area (Å²) in [6.07, 6.45) is 1.92. The van der Waals surface area contributed by atoms with Gasteiger partial charge in [-0.05, 0) is 42.3 Å². The van der Waals surface area contributed by atoms with Crippen molar-refractivity contribution in [3.8, 4) is 11.5 Å². The van der Waals surface area contributed by atoms with E-state index in [0.717, 1.165) is 38.3 Å². The lowest BCUT2D eigenvalue weighted by Crippen LogP contribution is -2.24. The van der Waals surface area contributed by atoms with Gasteiger partial charge in [-0.3, -0.25) is 0 Å². The summed E-state index contributed by atoms with van der Waals surface area (Å²) in [6.45, 7) is 2.65. The first-order valence-corrected chi connectivity index (χ1v) is 8.45. The Morgan fingerprint density at radius 1 is 1.17 bits per heavy atom. The highest BCUT2D eigenvalue weighted by atomic mass is 35.5. The normalized spacial score (nSPS) is 20.5. The molecule has 0 fully saturated rings. The minimum atomic E-state index is 0.161. The predicted octanol–water partition coefficient (Wildman–Crippen LogP) is 3.60. The third-order valence-corrected chi connectivity index (χ3v) is 5.26. The molecule has 3 nitrogen and oxygen atoms in total. The second-order valence-corrected chi connectivity index (χ2v) is 6.91. The molecule has 0 spiro atoms. The molecular weight excluding hydrogens is 310 g/mol. The fourth-order valence-corrected chi connectivity index (χ4v) is 3.94. The quantitative estimate of drug-likeness (QED) is 0.867. The molecule has 2 aliphatic heterocycles. The van der Waals surface area contributed by atoms with Crippen LogP contribution in [0, 0.1) is 0 Å². The molecule has 2 aliphatic rings. The third-order valence-electron chi connectivity index (χ3n) is 4.96. The largest absolute Gasteiger partial charge is 0.506 e. The Labute approximate surface area is 141 Å². The molecule has 0 aromatic heterocycles. The number of phenolic OH excluding ortho intramolecular Hbond substituents is 1. The van der Waals surface area contributed by atoms with Crippen molar-refractivity contribution in [3.63, 3.8) is 0 Å². The molecule has 2 aromatic rings. The van der Waals surface area contributed by atoms with Gasteiger partial charge in [-0.25, -0.2) is 0 Å². The molecule has 0 saturated carbocycles. The van der Waals surface area contributed by atoms with Crippen LogP contribution < -0.4 is 4.74 Å². The highest BCUT2D eigenvalue weighted by Crippen LogP contribution is 2.42. The zero-order valence-corrected chi connectivity index (χ0v) is 13.9. The first kappa shape index (κ1) is 14.9. The summed E-state index contributed by atoms with van der Waals surface area (Å²) in [6, 6.07) is 10.2. The van der Waals surface area contributed by atoms with Crippen molar-refractivity contribution in [1.82, 2.24) is 4.90 Å². The van der Waals surface area contributed by atoms with Gasteiger partial charge in [0.25, 0.3) is 0 Å². The van der Waals surface area contributed by atoms with Crippen LogP contribution in [-0.2, 0) is 12.8 Å². The molecule has 1 atom stereocenters. The Kier molecular flexibility index (Phi) is 3.70. The Morgan fingerprint density at radius 3 is 2.91 bits per heavy atom. The summed E-state index contributed by atoms with van der Waals surface area (Å²) < 4.78 is 5.92.